The lowest BCUT2D eigenvalue weighted by molar-refractivity contribution is -0.119. The minimum Gasteiger partial charge on any atom is -0.349 e. The molecule has 2 amide bonds. The van der Waals surface area contributed by atoms with E-state index in [-0.39, 0.29) is 23.7 Å². The SMILES string of the molecule is CC(NC(=O)CSCc1ccccn1)c1ccc(NC(=O)c2ccc(F)cc2)cc1. The highest BCUT2D eigenvalue weighted by Gasteiger charge is 2.11. The highest BCUT2D eigenvalue weighted by Crippen LogP contribution is 2.18. The number of halogens is 1. The Kier molecular flexibility index (Phi) is 7.57. The van der Waals surface area contributed by atoms with E-state index in [1.165, 1.54) is 36.0 Å². The minimum atomic E-state index is -0.387. The molecule has 1 atom stereocenters. The molecule has 0 spiro atoms. The third-order valence-electron chi connectivity index (χ3n) is 4.36. The van der Waals surface area contributed by atoms with Gasteiger partial charge in [-0.2, -0.15) is 0 Å². The molecular formula is C23H22FN3O2S. The van der Waals surface area contributed by atoms with Gasteiger partial charge in [-0.25, -0.2) is 4.39 Å². The predicted octanol–water partition coefficient (Wildman–Crippen LogP) is 4.58. The molecule has 3 rings (SSSR count). The van der Waals surface area contributed by atoms with E-state index in [1.54, 1.807) is 18.3 Å². The van der Waals surface area contributed by atoms with Crippen LogP contribution in [0.3, 0.4) is 0 Å². The van der Waals surface area contributed by atoms with Gasteiger partial charge in [-0.15, -0.1) is 11.8 Å². The average molecular weight is 424 g/mol. The van der Waals surface area contributed by atoms with Crippen LogP contribution in [0.5, 0.6) is 0 Å². The molecule has 1 heterocycles. The number of carbonyl (C=O) groups is 2. The number of pyridine rings is 1. The Morgan fingerprint density at radius 3 is 2.43 bits per heavy atom. The number of hydrogen-bond acceptors (Lipinski definition) is 4. The molecule has 154 valence electrons. The zero-order chi connectivity index (χ0) is 21.3. The second kappa shape index (κ2) is 10.5. The molecule has 2 N–H and O–H groups in total. The van der Waals surface area contributed by atoms with Crippen LogP contribution in [0.1, 0.15) is 34.6 Å². The smallest absolute Gasteiger partial charge is 0.255 e. The number of benzene rings is 2. The molecule has 3 aromatic rings. The maximum absolute atomic E-state index is 13.0. The van der Waals surface area contributed by atoms with Gasteiger partial charge < -0.3 is 10.6 Å². The van der Waals surface area contributed by atoms with Crippen molar-refractivity contribution in [3.63, 3.8) is 0 Å². The molecular weight excluding hydrogens is 401 g/mol. The van der Waals surface area contributed by atoms with Crippen LogP contribution in [0.25, 0.3) is 0 Å². The van der Waals surface area contributed by atoms with Gasteiger partial charge in [0.15, 0.2) is 0 Å². The summed E-state index contributed by atoms with van der Waals surface area (Å²) in [6.45, 7) is 1.91. The van der Waals surface area contributed by atoms with E-state index in [0.717, 1.165) is 11.3 Å². The summed E-state index contributed by atoms with van der Waals surface area (Å²) in [5.74, 6) is 0.297. The standard InChI is InChI=1S/C23H22FN3O2S/c1-16(26-22(28)15-30-14-21-4-2-3-13-25-21)17-7-11-20(12-8-17)27-23(29)18-5-9-19(24)10-6-18/h2-13,16H,14-15H2,1H3,(H,26,28)(H,27,29). The summed E-state index contributed by atoms with van der Waals surface area (Å²) in [5, 5.41) is 5.74. The van der Waals surface area contributed by atoms with Crippen molar-refractivity contribution < 1.29 is 14.0 Å². The van der Waals surface area contributed by atoms with Gasteiger partial charge in [0.25, 0.3) is 5.91 Å². The summed E-state index contributed by atoms with van der Waals surface area (Å²) in [6, 6.07) is 18.2. The van der Waals surface area contributed by atoms with Gasteiger partial charge in [0.1, 0.15) is 5.82 Å². The summed E-state index contributed by atoms with van der Waals surface area (Å²) >= 11 is 1.51. The predicted molar refractivity (Wildman–Crippen MR) is 118 cm³/mol. The lowest BCUT2D eigenvalue weighted by Gasteiger charge is -2.15. The lowest BCUT2D eigenvalue weighted by Crippen LogP contribution is -2.28. The quantitative estimate of drug-likeness (QED) is 0.556. The Morgan fingerprint density at radius 2 is 1.77 bits per heavy atom. The first-order chi connectivity index (χ1) is 14.5. The number of nitrogens with zero attached hydrogens (tertiary/aromatic N) is 1. The number of amides is 2. The fraction of sp³-hybridized carbons (Fsp3) is 0.174. The summed E-state index contributed by atoms with van der Waals surface area (Å²) in [5.41, 5.74) is 2.88. The Labute approximate surface area is 179 Å². The van der Waals surface area contributed by atoms with E-state index in [1.807, 2.05) is 37.3 Å². The van der Waals surface area contributed by atoms with Crippen molar-refractivity contribution in [1.82, 2.24) is 10.3 Å². The fourth-order valence-corrected chi connectivity index (χ4v) is 3.51. The van der Waals surface area contributed by atoms with E-state index < -0.39 is 0 Å². The number of hydrogen-bond donors (Lipinski definition) is 2. The number of thioether (sulfide) groups is 1. The lowest BCUT2D eigenvalue weighted by atomic mass is 10.1. The minimum absolute atomic E-state index is 0.0443. The number of nitrogens with one attached hydrogen (secondary N) is 2. The number of aromatic nitrogens is 1. The van der Waals surface area contributed by atoms with Crippen LogP contribution < -0.4 is 10.6 Å². The molecule has 0 saturated carbocycles. The fourth-order valence-electron chi connectivity index (χ4n) is 2.76. The summed E-state index contributed by atoms with van der Waals surface area (Å²) < 4.78 is 13.0. The molecule has 0 fully saturated rings. The van der Waals surface area contributed by atoms with Crippen LogP contribution in [-0.4, -0.2) is 22.6 Å². The molecule has 1 aromatic heterocycles. The van der Waals surface area contributed by atoms with Gasteiger partial charge in [-0.05, 0) is 61.0 Å². The summed E-state index contributed by atoms with van der Waals surface area (Å²) in [6.07, 6.45) is 1.74. The van der Waals surface area contributed by atoms with Crippen LogP contribution in [0.2, 0.25) is 0 Å². The third-order valence-corrected chi connectivity index (χ3v) is 5.33. The van der Waals surface area contributed by atoms with Crippen LogP contribution >= 0.6 is 11.8 Å². The van der Waals surface area contributed by atoms with Crippen molar-refractivity contribution in [2.24, 2.45) is 0 Å². The number of rotatable bonds is 8. The first kappa shape index (κ1) is 21.5. The highest BCUT2D eigenvalue weighted by molar-refractivity contribution is 7.99. The van der Waals surface area contributed by atoms with Gasteiger partial charge >= 0.3 is 0 Å². The Balaban J connectivity index is 1.47. The largest absolute Gasteiger partial charge is 0.349 e. The molecule has 0 bridgehead atoms. The van der Waals surface area contributed by atoms with Crippen LogP contribution in [0.4, 0.5) is 10.1 Å². The third kappa shape index (κ3) is 6.42. The maximum atomic E-state index is 13.0. The Hall–Kier alpha value is -3.19. The molecule has 30 heavy (non-hydrogen) atoms. The Bertz CT molecular complexity index is 980. The number of carbonyl (C=O) groups excluding carboxylic acids is 2. The van der Waals surface area contributed by atoms with E-state index in [4.69, 9.17) is 0 Å². The van der Waals surface area contributed by atoms with Crippen molar-refractivity contribution in [1.29, 1.82) is 0 Å². The zero-order valence-electron chi connectivity index (χ0n) is 16.5. The highest BCUT2D eigenvalue weighted by atomic mass is 32.2. The van der Waals surface area contributed by atoms with Crippen molar-refractivity contribution >= 4 is 29.3 Å². The molecule has 0 aliphatic carbocycles. The summed E-state index contributed by atoms with van der Waals surface area (Å²) in [4.78, 5) is 28.6. The van der Waals surface area contributed by atoms with E-state index >= 15 is 0 Å². The molecule has 0 radical (unpaired) electrons. The van der Waals surface area contributed by atoms with E-state index in [0.29, 0.717) is 22.8 Å². The van der Waals surface area contributed by atoms with Gasteiger partial charge in [-0.3, -0.25) is 14.6 Å². The van der Waals surface area contributed by atoms with Crippen molar-refractivity contribution in [3.05, 3.63) is 95.6 Å². The molecule has 1 unspecified atom stereocenters. The van der Waals surface area contributed by atoms with Crippen molar-refractivity contribution in [2.45, 2.75) is 18.7 Å². The second-order valence-electron chi connectivity index (χ2n) is 6.69. The number of anilines is 1. The van der Waals surface area contributed by atoms with Crippen LogP contribution in [0.15, 0.2) is 72.9 Å². The van der Waals surface area contributed by atoms with E-state index in [9.17, 15) is 14.0 Å². The van der Waals surface area contributed by atoms with Crippen molar-refractivity contribution in [3.8, 4) is 0 Å². The second-order valence-corrected chi connectivity index (χ2v) is 7.67. The molecule has 0 saturated heterocycles. The zero-order valence-corrected chi connectivity index (χ0v) is 17.3. The van der Waals surface area contributed by atoms with E-state index in [2.05, 4.69) is 15.6 Å². The normalized spacial score (nSPS) is 11.5. The average Bonchev–Trinajstić information content (AvgIpc) is 2.75. The molecule has 0 aliphatic heterocycles. The first-order valence-corrected chi connectivity index (χ1v) is 10.6. The first-order valence-electron chi connectivity index (χ1n) is 9.45. The van der Waals surface area contributed by atoms with Crippen LogP contribution in [0, 0.1) is 5.82 Å². The molecule has 2 aromatic carbocycles. The monoisotopic (exact) mass is 423 g/mol. The van der Waals surface area contributed by atoms with Gasteiger partial charge in [0, 0.05) is 23.2 Å². The van der Waals surface area contributed by atoms with Gasteiger partial charge in [0.05, 0.1) is 17.5 Å². The van der Waals surface area contributed by atoms with Crippen LogP contribution in [-0.2, 0) is 10.5 Å². The summed E-state index contributed by atoms with van der Waals surface area (Å²) in [7, 11) is 0. The molecule has 5 nitrogen and oxygen atoms in total. The van der Waals surface area contributed by atoms with Crippen molar-refractivity contribution in [2.75, 3.05) is 11.1 Å². The van der Waals surface area contributed by atoms with Gasteiger partial charge in [0.2, 0.25) is 5.91 Å². The Morgan fingerprint density at radius 1 is 1.03 bits per heavy atom. The maximum Gasteiger partial charge on any atom is 0.255 e. The molecule has 0 aliphatic rings. The molecule has 7 heteroatoms. The van der Waals surface area contributed by atoms with Gasteiger partial charge in [-0.1, -0.05) is 18.2 Å². The topological polar surface area (TPSA) is 71.1 Å².